The number of anilines is 1. The van der Waals surface area contributed by atoms with Crippen molar-refractivity contribution in [1.82, 2.24) is 24.7 Å². The van der Waals surface area contributed by atoms with Crippen LogP contribution in [0.5, 0.6) is 0 Å². The number of hydrogen-bond donors (Lipinski definition) is 1. The zero-order chi connectivity index (χ0) is 19.2. The van der Waals surface area contributed by atoms with E-state index in [9.17, 15) is 0 Å². The smallest absolute Gasteiger partial charge is 0.146 e. The fraction of sp³-hybridized carbons (Fsp3) is 0.143. The van der Waals surface area contributed by atoms with Gasteiger partial charge in [0.05, 0.1) is 18.1 Å². The molecule has 0 saturated carbocycles. The van der Waals surface area contributed by atoms with Crippen LogP contribution in [-0.4, -0.2) is 24.7 Å². The van der Waals surface area contributed by atoms with Crippen LogP contribution in [0.4, 0.5) is 5.82 Å². The molecule has 2 aromatic heterocycles. The molecule has 1 unspecified atom stereocenters. The highest BCUT2D eigenvalue weighted by molar-refractivity contribution is 7.98. The Labute approximate surface area is 168 Å². The third-order valence-electron chi connectivity index (χ3n) is 4.28. The van der Waals surface area contributed by atoms with Gasteiger partial charge < -0.3 is 5.32 Å². The number of rotatable bonds is 7. The van der Waals surface area contributed by atoms with Gasteiger partial charge >= 0.3 is 0 Å². The van der Waals surface area contributed by atoms with Crippen LogP contribution in [0.15, 0.2) is 84.7 Å². The monoisotopic (exact) mass is 388 g/mol. The molecule has 4 aromatic rings. The quantitative estimate of drug-likeness (QED) is 0.469. The van der Waals surface area contributed by atoms with Gasteiger partial charge in [-0.15, -0.1) is 11.8 Å². The number of hydrogen-bond acceptors (Lipinski definition) is 6. The second-order valence-electron chi connectivity index (χ2n) is 6.31. The Bertz CT molecular complexity index is 1000. The van der Waals surface area contributed by atoms with E-state index in [2.05, 4.69) is 68.7 Å². The Morgan fingerprint density at radius 3 is 2.57 bits per heavy atom. The van der Waals surface area contributed by atoms with Crippen molar-refractivity contribution in [1.29, 1.82) is 0 Å². The molecule has 0 radical (unpaired) electrons. The second kappa shape index (κ2) is 8.67. The SMILES string of the molecule is CC(Nc1cncc(SCc2ccccc2)n1)c1ccc(-n2cncn2)cc1. The van der Waals surface area contributed by atoms with Gasteiger partial charge in [0.2, 0.25) is 0 Å². The Balaban J connectivity index is 1.39. The predicted octanol–water partition coefficient (Wildman–Crippen LogP) is 4.52. The van der Waals surface area contributed by atoms with Gasteiger partial charge in [0, 0.05) is 11.8 Å². The summed E-state index contributed by atoms with van der Waals surface area (Å²) in [5.74, 6) is 1.64. The average Bonchev–Trinajstić information content (AvgIpc) is 3.28. The van der Waals surface area contributed by atoms with Crippen molar-refractivity contribution >= 4 is 17.6 Å². The first-order valence-electron chi connectivity index (χ1n) is 8.98. The van der Waals surface area contributed by atoms with E-state index in [1.807, 2.05) is 18.2 Å². The summed E-state index contributed by atoms with van der Waals surface area (Å²) in [7, 11) is 0. The van der Waals surface area contributed by atoms with Crippen LogP contribution in [0, 0.1) is 0 Å². The molecule has 140 valence electrons. The summed E-state index contributed by atoms with van der Waals surface area (Å²) in [4.78, 5) is 13.0. The van der Waals surface area contributed by atoms with Gasteiger partial charge in [-0.2, -0.15) is 5.10 Å². The predicted molar refractivity (Wildman–Crippen MR) is 111 cm³/mol. The molecule has 2 heterocycles. The fourth-order valence-corrected chi connectivity index (χ4v) is 3.59. The van der Waals surface area contributed by atoms with Crippen molar-refractivity contribution in [3.63, 3.8) is 0 Å². The van der Waals surface area contributed by atoms with Crippen LogP contribution in [0.2, 0.25) is 0 Å². The van der Waals surface area contributed by atoms with Gasteiger partial charge in [-0.1, -0.05) is 42.5 Å². The van der Waals surface area contributed by atoms with Gasteiger partial charge in [-0.05, 0) is 30.2 Å². The van der Waals surface area contributed by atoms with Crippen LogP contribution in [0.1, 0.15) is 24.1 Å². The fourth-order valence-electron chi connectivity index (χ4n) is 2.78. The zero-order valence-electron chi connectivity index (χ0n) is 15.4. The van der Waals surface area contributed by atoms with E-state index in [1.54, 1.807) is 35.2 Å². The molecule has 0 fully saturated rings. The molecule has 4 rings (SSSR count). The lowest BCUT2D eigenvalue weighted by Crippen LogP contribution is -2.08. The molecule has 7 heteroatoms. The molecule has 28 heavy (non-hydrogen) atoms. The third-order valence-corrected chi connectivity index (χ3v) is 5.25. The van der Waals surface area contributed by atoms with E-state index < -0.39 is 0 Å². The second-order valence-corrected chi connectivity index (χ2v) is 7.31. The highest BCUT2D eigenvalue weighted by Gasteiger charge is 2.08. The summed E-state index contributed by atoms with van der Waals surface area (Å²) in [6.45, 7) is 2.11. The van der Waals surface area contributed by atoms with E-state index >= 15 is 0 Å². The lowest BCUT2D eigenvalue weighted by molar-refractivity contribution is 0.851. The van der Waals surface area contributed by atoms with E-state index in [0.29, 0.717) is 0 Å². The number of benzene rings is 2. The van der Waals surface area contributed by atoms with Crippen molar-refractivity contribution < 1.29 is 0 Å². The van der Waals surface area contributed by atoms with Crippen LogP contribution in [0.25, 0.3) is 5.69 Å². The largest absolute Gasteiger partial charge is 0.362 e. The maximum Gasteiger partial charge on any atom is 0.146 e. The lowest BCUT2D eigenvalue weighted by atomic mass is 10.1. The summed E-state index contributed by atoms with van der Waals surface area (Å²) in [5.41, 5.74) is 3.41. The van der Waals surface area contributed by atoms with Crippen molar-refractivity contribution in [2.75, 3.05) is 5.32 Å². The minimum absolute atomic E-state index is 0.105. The number of nitrogens with zero attached hydrogens (tertiary/aromatic N) is 5. The van der Waals surface area contributed by atoms with Gasteiger partial charge in [-0.25, -0.2) is 14.6 Å². The maximum absolute atomic E-state index is 4.68. The number of nitrogens with one attached hydrogen (secondary N) is 1. The highest BCUT2D eigenvalue weighted by atomic mass is 32.2. The number of thioether (sulfide) groups is 1. The molecule has 2 aromatic carbocycles. The molecule has 0 bridgehead atoms. The lowest BCUT2D eigenvalue weighted by Gasteiger charge is -2.15. The minimum atomic E-state index is 0.105. The molecular weight excluding hydrogens is 368 g/mol. The van der Waals surface area contributed by atoms with Crippen LogP contribution in [0.3, 0.4) is 0 Å². The Hall–Kier alpha value is -3.19. The number of aromatic nitrogens is 5. The van der Waals surface area contributed by atoms with Crippen LogP contribution >= 0.6 is 11.8 Å². The summed E-state index contributed by atoms with van der Waals surface area (Å²) in [5, 5.41) is 8.48. The Morgan fingerprint density at radius 1 is 1.00 bits per heavy atom. The summed E-state index contributed by atoms with van der Waals surface area (Å²) in [6, 6.07) is 18.7. The van der Waals surface area contributed by atoms with E-state index in [-0.39, 0.29) is 6.04 Å². The first-order chi connectivity index (χ1) is 13.8. The van der Waals surface area contributed by atoms with Gasteiger partial charge in [0.15, 0.2) is 0 Å². The summed E-state index contributed by atoms with van der Waals surface area (Å²) < 4.78 is 1.74. The minimum Gasteiger partial charge on any atom is -0.362 e. The van der Waals surface area contributed by atoms with Crippen LogP contribution < -0.4 is 5.32 Å². The molecule has 0 saturated heterocycles. The van der Waals surface area contributed by atoms with Crippen molar-refractivity contribution in [2.24, 2.45) is 0 Å². The highest BCUT2D eigenvalue weighted by Crippen LogP contribution is 2.23. The normalized spacial score (nSPS) is 11.9. The molecule has 0 aliphatic heterocycles. The van der Waals surface area contributed by atoms with Gasteiger partial charge in [0.25, 0.3) is 0 Å². The Kier molecular flexibility index (Phi) is 5.63. The molecule has 0 aliphatic rings. The average molecular weight is 389 g/mol. The zero-order valence-corrected chi connectivity index (χ0v) is 16.3. The standard InChI is InChI=1S/C21H20N6S/c1-16(18-7-9-19(10-8-18)27-15-23-14-24-27)25-20-11-22-12-21(26-20)28-13-17-5-3-2-4-6-17/h2-12,14-16H,13H2,1H3,(H,25,26). The topological polar surface area (TPSA) is 68.5 Å². The molecule has 6 nitrogen and oxygen atoms in total. The molecular formula is C21H20N6S. The van der Waals surface area contributed by atoms with Crippen LogP contribution in [-0.2, 0) is 5.75 Å². The summed E-state index contributed by atoms with van der Waals surface area (Å²) >= 11 is 1.68. The van der Waals surface area contributed by atoms with E-state index in [1.165, 1.54) is 11.9 Å². The molecule has 1 N–H and O–H groups in total. The van der Waals surface area contributed by atoms with E-state index in [0.717, 1.165) is 27.8 Å². The Morgan fingerprint density at radius 2 is 1.82 bits per heavy atom. The van der Waals surface area contributed by atoms with Gasteiger partial charge in [-0.3, -0.25) is 4.98 Å². The molecule has 0 amide bonds. The van der Waals surface area contributed by atoms with Crippen molar-refractivity contribution in [2.45, 2.75) is 23.7 Å². The first kappa shape index (κ1) is 18.2. The van der Waals surface area contributed by atoms with Crippen molar-refractivity contribution in [3.05, 3.63) is 90.8 Å². The third kappa shape index (κ3) is 4.55. The molecule has 0 spiro atoms. The summed E-state index contributed by atoms with van der Waals surface area (Å²) in [6.07, 6.45) is 6.77. The molecule has 0 aliphatic carbocycles. The first-order valence-corrected chi connectivity index (χ1v) is 9.97. The van der Waals surface area contributed by atoms with Gasteiger partial charge in [0.1, 0.15) is 23.5 Å². The maximum atomic E-state index is 4.68. The van der Waals surface area contributed by atoms with Crippen molar-refractivity contribution in [3.8, 4) is 5.69 Å². The molecule has 1 atom stereocenters. The van der Waals surface area contributed by atoms with E-state index in [4.69, 9.17) is 0 Å².